The maximum atomic E-state index is 12.6. The highest BCUT2D eigenvalue weighted by Gasteiger charge is 2.28. The Labute approximate surface area is 142 Å². The van der Waals surface area contributed by atoms with Crippen LogP contribution in [0.4, 0.5) is 5.69 Å². The zero-order chi connectivity index (χ0) is 16.0. The molecule has 1 aromatic carbocycles. The number of anilines is 1. The molecule has 1 N–H and O–H groups in total. The van der Waals surface area contributed by atoms with E-state index in [-0.39, 0.29) is 5.91 Å². The van der Waals surface area contributed by atoms with Gasteiger partial charge in [-0.15, -0.1) is 11.3 Å². The molecular formula is C17H13ClN2O2S. The van der Waals surface area contributed by atoms with Gasteiger partial charge in [-0.05, 0) is 48.9 Å². The lowest BCUT2D eigenvalue weighted by Gasteiger charge is -2.11. The molecule has 3 aromatic rings. The fourth-order valence-corrected chi connectivity index (χ4v) is 3.88. The van der Waals surface area contributed by atoms with Crippen molar-refractivity contribution in [2.24, 2.45) is 0 Å². The van der Waals surface area contributed by atoms with Crippen LogP contribution in [0.5, 0.6) is 0 Å². The van der Waals surface area contributed by atoms with Gasteiger partial charge < -0.3 is 9.84 Å². The standard InChI is InChI=1S/C17H13ClN2O2S/c1-9-12(18)3-2-4-13(9)19-17(21)15-11-5-6-14-10(7-8-23-14)16(11)22-20-15/h2-4,7-8H,5-6H2,1H3,(H,19,21). The van der Waals surface area contributed by atoms with Crippen molar-refractivity contribution >= 4 is 34.5 Å². The molecule has 0 radical (unpaired) electrons. The van der Waals surface area contributed by atoms with E-state index < -0.39 is 0 Å². The number of aryl methyl sites for hydroxylation is 1. The van der Waals surface area contributed by atoms with Gasteiger partial charge in [0.15, 0.2) is 11.5 Å². The number of rotatable bonds is 2. The minimum absolute atomic E-state index is 0.265. The minimum atomic E-state index is -0.265. The summed E-state index contributed by atoms with van der Waals surface area (Å²) in [5.74, 6) is 0.458. The number of hydrogen-bond acceptors (Lipinski definition) is 4. The van der Waals surface area contributed by atoms with Crippen LogP contribution < -0.4 is 5.32 Å². The Morgan fingerprint density at radius 2 is 2.22 bits per heavy atom. The molecule has 23 heavy (non-hydrogen) atoms. The zero-order valence-corrected chi connectivity index (χ0v) is 13.9. The van der Waals surface area contributed by atoms with Gasteiger partial charge in [-0.3, -0.25) is 4.79 Å². The van der Waals surface area contributed by atoms with Gasteiger partial charge >= 0.3 is 0 Å². The molecule has 6 heteroatoms. The second-order valence-corrected chi connectivity index (χ2v) is 6.87. The maximum absolute atomic E-state index is 12.6. The SMILES string of the molecule is Cc1c(Cl)cccc1NC(=O)c1noc2c1CCc1sccc1-2. The first kappa shape index (κ1) is 14.5. The van der Waals surface area contributed by atoms with Crippen molar-refractivity contribution in [2.75, 3.05) is 5.32 Å². The van der Waals surface area contributed by atoms with Crippen LogP contribution in [0.15, 0.2) is 34.2 Å². The third-order valence-electron chi connectivity index (χ3n) is 4.11. The molecule has 0 spiro atoms. The Bertz CT molecular complexity index is 913. The van der Waals surface area contributed by atoms with Crippen LogP contribution in [0.1, 0.15) is 26.5 Å². The van der Waals surface area contributed by atoms with E-state index in [0.29, 0.717) is 16.4 Å². The molecule has 4 nitrogen and oxygen atoms in total. The van der Waals surface area contributed by atoms with E-state index in [4.69, 9.17) is 16.1 Å². The molecule has 1 aliphatic carbocycles. The predicted octanol–water partition coefficient (Wildman–Crippen LogP) is 4.72. The smallest absolute Gasteiger partial charge is 0.278 e. The number of benzene rings is 1. The lowest BCUT2D eigenvalue weighted by atomic mass is 9.95. The van der Waals surface area contributed by atoms with Crippen LogP contribution in [0.3, 0.4) is 0 Å². The Hall–Kier alpha value is -2.11. The van der Waals surface area contributed by atoms with E-state index in [1.165, 1.54) is 4.88 Å². The fourth-order valence-electron chi connectivity index (χ4n) is 2.83. The quantitative estimate of drug-likeness (QED) is 0.732. The number of halogens is 1. The van der Waals surface area contributed by atoms with Gasteiger partial charge in [0.25, 0.3) is 5.91 Å². The first-order valence-electron chi connectivity index (χ1n) is 7.27. The number of carbonyl (C=O) groups excluding carboxylic acids is 1. The van der Waals surface area contributed by atoms with Crippen LogP contribution in [0.2, 0.25) is 5.02 Å². The van der Waals surface area contributed by atoms with E-state index in [1.54, 1.807) is 23.5 Å². The Morgan fingerprint density at radius 3 is 3.09 bits per heavy atom. The van der Waals surface area contributed by atoms with Gasteiger partial charge in [-0.25, -0.2) is 0 Å². The summed E-state index contributed by atoms with van der Waals surface area (Å²) in [4.78, 5) is 13.9. The van der Waals surface area contributed by atoms with Crippen molar-refractivity contribution in [3.8, 4) is 11.3 Å². The van der Waals surface area contributed by atoms with Crippen LogP contribution in [-0.2, 0) is 12.8 Å². The molecule has 0 bridgehead atoms. The summed E-state index contributed by atoms with van der Waals surface area (Å²) in [6.07, 6.45) is 1.68. The summed E-state index contributed by atoms with van der Waals surface area (Å²) in [6.45, 7) is 1.87. The molecule has 0 fully saturated rings. The average molecular weight is 345 g/mol. The number of hydrogen-bond donors (Lipinski definition) is 1. The topological polar surface area (TPSA) is 55.1 Å². The van der Waals surface area contributed by atoms with Gasteiger partial charge in [0.1, 0.15) is 0 Å². The number of aromatic nitrogens is 1. The molecule has 0 saturated heterocycles. The minimum Gasteiger partial charge on any atom is -0.355 e. The Morgan fingerprint density at radius 1 is 1.35 bits per heavy atom. The third-order valence-corrected chi connectivity index (χ3v) is 5.50. The summed E-state index contributed by atoms with van der Waals surface area (Å²) in [5, 5.41) is 9.54. The van der Waals surface area contributed by atoms with Crippen molar-refractivity contribution in [2.45, 2.75) is 19.8 Å². The van der Waals surface area contributed by atoms with Crippen molar-refractivity contribution in [1.82, 2.24) is 5.16 Å². The predicted molar refractivity (Wildman–Crippen MR) is 91.4 cm³/mol. The van der Waals surface area contributed by atoms with Crippen LogP contribution in [0.25, 0.3) is 11.3 Å². The van der Waals surface area contributed by atoms with Crippen molar-refractivity contribution in [3.05, 3.63) is 56.4 Å². The second-order valence-electron chi connectivity index (χ2n) is 5.46. The van der Waals surface area contributed by atoms with Gasteiger partial charge in [0.2, 0.25) is 0 Å². The fraction of sp³-hybridized carbons (Fsp3) is 0.176. The average Bonchev–Trinajstić information content (AvgIpc) is 3.17. The lowest BCUT2D eigenvalue weighted by Crippen LogP contribution is -2.16. The number of nitrogens with one attached hydrogen (secondary N) is 1. The first-order chi connectivity index (χ1) is 11.1. The molecule has 0 saturated carbocycles. The first-order valence-corrected chi connectivity index (χ1v) is 8.52. The molecule has 0 aliphatic heterocycles. The maximum Gasteiger partial charge on any atom is 0.278 e. The normalized spacial score (nSPS) is 12.6. The van der Waals surface area contributed by atoms with Gasteiger partial charge in [0, 0.05) is 26.7 Å². The molecular weight excluding hydrogens is 332 g/mol. The number of carbonyl (C=O) groups is 1. The van der Waals surface area contributed by atoms with Gasteiger partial charge in [-0.2, -0.15) is 0 Å². The number of thiophene rings is 1. The Kier molecular flexibility index (Phi) is 3.47. The number of nitrogens with zero attached hydrogens (tertiary/aromatic N) is 1. The van der Waals surface area contributed by atoms with Crippen LogP contribution in [-0.4, -0.2) is 11.1 Å². The molecule has 2 aromatic heterocycles. The third kappa shape index (κ3) is 2.36. The van der Waals surface area contributed by atoms with E-state index in [0.717, 1.165) is 35.3 Å². The van der Waals surface area contributed by atoms with E-state index in [1.807, 2.05) is 24.4 Å². The molecule has 1 aliphatic rings. The van der Waals surface area contributed by atoms with Crippen LogP contribution in [0, 0.1) is 6.92 Å². The number of fused-ring (bicyclic) bond motifs is 3. The highest BCUT2D eigenvalue weighted by atomic mass is 35.5. The number of amides is 1. The van der Waals surface area contributed by atoms with E-state index >= 15 is 0 Å². The van der Waals surface area contributed by atoms with Gasteiger partial charge in [-0.1, -0.05) is 22.8 Å². The second kappa shape index (κ2) is 5.51. The largest absolute Gasteiger partial charge is 0.355 e. The summed E-state index contributed by atoms with van der Waals surface area (Å²) in [6, 6.07) is 7.44. The van der Waals surface area contributed by atoms with Crippen molar-refractivity contribution in [3.63, 3.8) is 0 Å². The molecule has 0 atom stereocenters. The molecule has 2 heterocycles. The van der Waals surface area contributed by atoms with E-state index in [9.17, 15) is 4.79 Å². The van der Waals surface area contributed by atoms with Gasteiger partial charge in [0.05, 0.1) is 0 Å². The summed E-state index contributed by atoms with van der Waals surface area (Å²) < 4.78 is 5.45. The summed E-state index contributed by atoms with van der Waals surface area (Å²) in [7, 11) is 0. The lowest BCUT2D eigenvalue weighted by molar-refractivity contribution is 0.101. The monoisotopic (exact) mass is 344 g/mol. The molecule has 116 valence electrons. The van der Waals surface area contributed by atoms with Crippen molar-refractivity contribution in [1.29, 1.82) is 0 Å². The van der Waals surface area contributed by atoms with E-state index in [2.05, 4.69) is 10.5 Å². The summed E-state index contributed by atoms with van der Waals surface area (Å²) >= 11 is 7.81. The zero-order valence-electron chi connectivity index (χ0n) is 12.4. The Balaban J connectivity index is 1.68. The summed E-state index contributed by atoms with van der Waals surface area (Å²) in [5.41, 5.74) is 3.82. The van der Waals surface area contributed by atoms with Crippen molar-refractivity contribution < 1.29 is 9.32 Å². The highest BCUT2D eigenvalue weighted by Crippen LogP contribution is 2.38. The highest BCUT2D eigenvalue weighted by molar-refractivity contribution is 7.10. The van der Waals surface area contributed by atoms with Crippen LogP contribution >= 0.6 is 22.9 Å². The molecule has 0 unspecified atom stereocenters. The molecule has 4 rings (SSSR count). The molecule has 1 amide bonds.